The van der Waals surface area contributed by atoms with E-state index in [1.165, 1.54) is 0 Å². The Morgan fingerprint density at radius 1 is 1.52 bits per heavy atom. The van der Waals surface area contributed by atoms with Crippen molar-refractivity contribution in [3.05, 3.63) is 18.0 Å². The lowest BCUT2D eigenvalue weighted by atomic mass is 10.1. The fourth-order valence-electron chi connectivity index (χ4n) is 2.30. The van der Waals surface area contributed by atoms with Crippen LogP contribution in [0.3, 0.4) is 0 Å². The second kappa shape index (κ2) is 8.71. The maximum atomic E-state index is 12.2. The molecule has 1 aromatic heterocycles. The second-order valence-corrected chi connectivity index (χ2v) is 5.09. The summed E-state index contributed by atoms with van der Waals surface area (Å²) in [6.45, 7) is 1.41. The summed E-state index contributed by atoms with van der Waals surface area (Å²) in [5, 5.41) is 6.86. The maximum Gasteiger partial charge on any atom is 0.390 e. The van der Waals surface area contributed by atoms with Crippen molar-refractivity contribution in [2.45, 2.75) is 18.7 Å². The summed E-state index contributed by atoms with van der Waals surface area (Å²) in [4.78, 5) is 5.95. The molecule has 1 aliphatic heterocycles. The number of morpholine rings is 1. The lowest BCUT2D eigenvalue weighted by Gasteiger charge is -2.34. The van der Waals surface area contributed by atoms with Crippen LogP contribution in [0, 0.1) is 0 Å². The molecule has 6 nitrogen and oxygen atoms in total. The monoisotopic (exact) mass is 447 g/mol. The first-order chi connectivity index (χ1) is 10.4. The van der Waals surface area contributed by atoms with Crippen LogP contribution >= 0.6 is 24.0 Å². The molecular weight excluding hydrogens is 426 g/mol. The highest BCUT2D eigenvalue weighted by atomic mass is 127. The van der Waals surface area contributed by atoms with Gasteiger partial charge in [-0.1, -0.05) is 0 Å². The van der Waals surface area contributed by atoms with E-state index in [0.717, 1.165) is 5.56 Å². The first-order valence-electron chi connectivity index (χ1n) is 7.01. The Morgan fingerprint density at radius 3 is 2.83 bits per heavy atom. The SMILES string of the molecule is CN=C(NCCC(F)(F)F)N1CCOC(c2cnn(C)c2)C1.I. The molecular formula is C13H21F3IN5O. The molecule has 132 valence electrons. The van der Waals surface area contributed by atoms with Crippen LogP contribution in [0.5, 0.6) is 0 Å². The molecule has 1 aliphatic rings. The van der Waals surface area contributed by atoms with Crippen molar-refractivity contribution in [1.29, 1.82) is 0 Å². The van der Waals surface area contributed by atoms with Crippen LogP contribution in [0.15, 0.2) is 17.4 Å². The van der Waals surface area contributed by atoms with E-state index in [2.05, 4.69) is 15.4 Å². The molecule has 0 bridgehead atoms. The topological polar surface area (TPSA) is 54.7 Å². The van der Waals surface area contributed by atoms with Crippen molar-refractivity contribution < 1.29 is 17.9 Å². The lowest BCUT2D eigenvalue weighted by molar-refractivity contribution is -0.132. The van der Waals surface area contributed by atoms with E-state index in [1.54, 1.807) is 17.9 Å². The largest absolute Gasteiger partial charge is 0.390 e. The summed E-state index contributed by atoms with van der Waals surface area (Å²) in [6, 6.07) is 0. The first kappa shape index (κ1) is 20.0. The van der Waals surface area contributed by atoms with E-state index < -0.39 is 12.6 Å². The Hall–Kier alpha value is -1.04. The van der Waals surface area contributed by atoms with Crippen molar-refractivity contribution in [2.24, 2.45) is 12.0 Å². The normalized spacial score (nSPS) is 19.4. The highest BCUT2D eigenvalue weighted by Crippen LogP contribution is 2.22. The number of nitrogens with one attached hydrogen (secondary N) is 1. The molecule has 0 aliphatic carbocycles. The van der Waals surface area contributed by atoms with Crippen LogP contribution < -0.4 is 5.32 Å². The first-order valence-corrected chi connectivity index (χ1v) is 7.01. The zero-order chi connectivity index (χ0) is 16.2. The number of aromatic nitrogens is 2. The quantitative estimate of drug-likeness (QED) is 0.438. The number of rotatable bonds is 3. The Balaban J connectivity index is 0.00000264. The average molecular weight is 447 g/mol. The van der Waals surface area contributed by atoms with E-state index in [-0.39, 0.29) is 36.6 Å². The van der Waals surface area contributed by atoms with Gasteiger partial charge >= 0.3 is 6.18 Å². The number of guanidine groups is 1. The summed E-state index contributed by atoms with van der Waals surface area (Å²) in [7, 11) is 3.38. The number of nitrogens with zero attached hydrogens (tertiary/aromatic N) is 4. The molecule has 1 atom stereocenters. The minimum atomic E-state index is -4.17. The summed E-state index contributed by atoms with van der Waals surface area (Å²) in [5.41, 5.74) is 0.943. The third-order valence-corrected chi connectivity index (χ3v) is 3.37. The van der Waals surface area contributed by atoms with Gasteiger partial charge in [-0.25, -0.2) is 0 Å². The van der Waals surface area contributed by atoms with Crippen LogP contribution in [0.25, 0.3) is 0 Å². The standard InChI is InChI=1S/C13H20F3N5O.HI/c1-17-12(18-4-3-13(14,15)16)21-5-6-22-11(9-21)10-7-19-20(2)8-10;/h7-8,11H,3-6,9H2,1-2H3,(H,17,18);1H. The van der Waals surface area contributed by atoms with Gasteiger partial charge in [-0.3, -0.25) is 9.67 Å². The van der Waals surface area contributed by atoms with Crippen molar-refractivity contribution in [3.8, 4) is 0 Å². The molecule has 1 aromatic rings. The van der Waals surface area contributed by atoms with Gasteiger partial charge in [0, 0.05) is 38.9 Å². The molecule has 0 radical (unpaired) electrons. The third-order valence-electron chi connectivity index (χ3n) is 3.37. The molecule has 0 amide bonds. The Labute approximate surface area is 150 Å². The van der Waals surface area contributed by atoms with Crippen molar-refractivity contribution in [1.82, 2.24) is 20.0 Å². The molecule has 0 spiro atoms. The van der Waals surface area contributed by atoms with Gasteiger partial charge in [0.15, 0.2) is 5.96 Å². The number of aryl methyl sites for hydroxylation is 1. The van der Waals surface area contributed by atoms with Crippen LogP contribution in [0.4, 0.5) is 13.2 Å². The zero-order valence-electron chi connectivity index (χ0n) is 13.0. The highest BCUT2D eigenvalue weighted by Gasteiger charge is 2.28. The van der Waals surface area contributed by atoms with Crippen LogP contribution in [-0.4, -0.2) is 60.1 Å². The van der Waals surface area contributed by atoms with Gasteiger partial charge in [-0.2, -0.15) is 18.3 Å². The molecule has 0 aromatic carbocycles. The van der Waals surface area contributed by atoms with E-state index in [4.69, 9.17) is 4.74 Å². The van der Waals surface area contributed by atoms with E-state index in [0.29, 0.717) is 25.7 Å². The smallest absolute Gasteiger partial charge is 0.370 e. The van der Waals surface area contributed by atoms with E-state index in [9.17, 15) is 13.2 Å². The summed E-state index contributed by atoms with van der Waals surface area (Å²) >= 11 is 0. The Kier molecular flexibility index (Phi) is 7.58. The Bertz CT molecular complexity index is 520. The average Bonchev–Trinajstić information content (AvgIpc) is 2.89. The Morgan fingerprint density at radius 2 is 2.26 bits per heavy atom. The summed E-state index contributed by atoms with van der Waals surface area (Å²) < 4.78 is 44.0. The highest BCUT2D eigenvalue weighted by molar-refractivity contribution is 14.0. The van der Waals surface area contributed by atoms with Crippen molar-refractivity contribution >= 4 is 29.9 Å². The molecule has 1 N–H and O–H groups in total. The van der Waals surface area contributed by atoms with Gasteiger partial charge in [0.25, 0.3) is 0 Å². The molecule has 0 saturated carbocycles. The minimum Gasteiger partial charge on any atom is -0.370 e. The summed E-state index contributed by atoms with van der Waals surface area (Å²) in [6.07, 6.45) is -1.62. The third kappa shape index (κ3) is 6.16. The van der Waals surface area contributed by atoms with Gasteiger partial charge in [0.05, 0.1) is 25.8 Å². The number of hydrogen-bond donors (Lipinski definition) is 1. The van der Waals surface area contributed by atoms with Gasteiger partial charge in [-0.15, -0.1) is 24.0 Å². The van der Waals surface area contributed by atoms with Crippen molar-refractivity contribution in [3.63, 3.8) is 0 Å². The number of ether oxygens (including phenoxy) is 1. The number of aliphatic imine (C=N–C) groups is 1. The van der Waals surface area contributed by atoms with Crippen molar-refractivity contribution in [2.75, 3.05) is 33.3 Å². The van der Waals surface area contributed by atoms with Gasteiger partial charge in [0.2, 0.25) is 0 Å². The number of alkyl halides is 3. The fraction of sp³-hybridized carbons (Fsp3) is 0.692. The molecule has 1 saturated heterocycles. The summed E-state index contributed by atoms with van der Waals surface area (Å²) in [5.74, 6) is 0.460. The lowest BCUT2D eigenvalue weighted by Crippen LogP contribution is -2.48. The maximum absolute atomic E-state index is 12.2. The van der Waals surface area contributed by atoms with Gasteiger partial charge in [0.1, 0.15) is 6.10 Å². The number of hydrogen-bond acceptors (Lipinski definition) is 3. The molecule has 10 heteroatoms. The number of halogens is 4. The molecule has 23 heavy (non-hydrogen) atoms. The van der Waals surface area contributed by atoms with E-state index >= 15 is 0 Å². The molecule has 1 fully saturated rings. The molecule has 2 heterocycles. The van der Waals surface area contributed by atoms with Gasteiger partial charge in [-0.05, 0) is 0 Å². The fourth-order valence-corrected chi connectivity index (χ4v) is 2.30. The van der Waals surface area contributed by atoms with Crippen LogP contribution in [0.2, 0.25) is 0 Å². The minimum absolute atomic E-state index is 0. The second-order valence-electron chi connectivity index (χ2n) is 5.09. The molecule has 2 rings (SSSR count). The predicted octanol–water partition coefficient (Wildman–Crippen LogP) is 1.94. The van der Waals surface area contributed by atoms with Gasteiger partial charge < -0.3 is 15.0 Å². The van der Waals surface area contributed by atoms with Crippen LogP contribution in [-0.2, 0) is 11.8 Å². The van der Waals surface area contributed by atoms with Crippen LogP contribution in [0.1, 0.15) is 18.1 Å². The zero-order valence-corrected chi connectivity index (χ0v) is 15.3. The van der Waals surface area contributed by atoms with E-state index in [1.807, 2.05) is 18.1 Å². The molecule has 1 unspecified atom stereocenters. The predicted molar refractivity (Wildman–Crippen MR) is 90.9 cm³/mol.